The molecule has 2 rings (SSSR count). The van der Waals surface area contributed by atoms with Crippen molar-refractivity contribution >= 4 is 28.5 Å². The first-order valence-electron chi connectivity index (χ1n) is 6.47. The molecule has 2 heterocycles. The van der Waals surface area contributed by atoms with E-state index in [0.717, 1.165) is 22.5 Å². The summed E-state index contributed by atoms with van der Waals surface area (Å²) in [7, 11) is 0. The molecule has 4 nitrogen and oxygen atoms in total. The number of likely N-dealkylation sites (tertiary alicyclic amines) is 1. The van der Waals surface area contributed by atoms with Crippen LogP contribution in [0.1, 0.15) is 45.5 Å². The van der Waals surface area contributed by atoms with E-state index < -0.39 is 0 Å². The lowest BCUT2D eigenvalue weighted by atomic mass is 10.1. The van der Waals surface area contributed by atoms with Crippen molar-refractivity contribution in [1.29, 1.82) is 0 Å². The molecule has 100 valence electrons. The van der Waals surface area contributed by atoms with Gasteiger partial charge in [-0.05, 0) is 40.8 Å². The van der Waals surface area contributed by atoms with Gasteiger partial charge < -0.3 is 9.88 Å². The Kier molecular flexibility index (Phi) is 4.29. The van der Waals surface area contributed by atoms with E-state index in [4.69, 9.17) is 0 Å². The maximum atomic E-state index is 12.3. The van der Waals surface area contributed by atoms with Crippen molar-refractivity contribution in [3.63, 3.8) is 0 Å². The average Bonchev–Trinajstić information content (AvgIpc) is 2.83. The third-order valence-electron chi connectivity index (χ3n) is 3.29. The van der Waals surface area contributed by atoms with E-state index in [1.54, 1.807) is 0 Å². The third-order valence-corrected chi connectivity index (χ3v) is 3.84. The highest BCUT2D eigenvalue weighted by atomic mass is 127. The van der Waals surface area contributed by atoms with Crippen LogP contribution in [0.15, 0.2) is 6.20 Å². The maximum Gasteiger partial charge on any atom is 0.223 e. The molecule has 0 saturated carbocycles. The Balaban J connectivity index is 2.15. The van der Waals surface area contributed by atoms with Crippen molar-refractivity contribution in [3.8, 4) is 0 Å². The molecule has 18 heavy (non-hydrogen) atoms. The van der Waals surface area contributed by atoms with Crippen LogP contribution in [0.4, 0.5) is 0 Å². The van der Waals surface area contributed by atoms with Crippen LogP contribution in [0.2, 0.25) is 0 Å². The van der Waals surface area contributed by atoms with E-state index in [1.807, 2.05) is 11.1 Å². The van der Waals surface area contributed by atoms with Crippen molar-refractivity contribution in [2.45, 2.75) is 39.7 Å². The van der Waals surface area contributed by atoms with Gasteiger partial charge in [0.1, 0.15) is 5.82 Å². The fraction of sp³-hybridized carbons (Fsp3) is 0.692. The molecule has 1 aliphatic heterocycles. The number of carbonyl (C=O) groups excluding carboxylic acids is 1. The second-order valence-corrected chi connectivity index (χ2v) is 6.78. The minimum absolute atomic E-state index is 0.134. The zero-order valence-electron chi connectivity index (χ0n) is 11.1. The van der Waals surface area contributed by atoms with E-state index in [0.29, 0.717) is 18.3 Å². The van der Waals surface area contributed by atoms with E-state index in [9.17, 15) is 4.79 Å². The highest BCUT2D eigenvalue weighted by Crippen LogP contribution is 2.34. The highest BCUT2D eigenvalue weighted by Gasteiger charge is 2.35. The largest absolute Gasteiger partial charge is 0.336 e. The molecular weight excluding hydrogens is 341 g/mol. The van der Waals surface area contributed by atoms with Crippen molar-refractivity contribution in [1.82, 2.24) is 14.9 Å². The standard InChI is InChI=1S/C13H20IN3O/c1-8(2)4-12(18)17-7-9(3)5-10(17)13-15-6-11(14)16-13/h6,8-10H,4-5,7H2,1-3H3,(H,15,16)/t9-,10-/m0/s1. The fourth-order valence-electron chi connectivity index (χ4n) is 2.53. The number of aromatic amines is 1. The summed E-state index contributed by atoms with van der Waals surface area (Å²) in [4.78, 5) is 21.9. The van der Waals surface area contributed by atoms with Gasteiger partial charge in [0, 0.05) is 13.0 Å². The van der Waals surface area contributed by atoms with Crippen LogP contribution in [0.25, 0.3) is 0 Å². The van der Waals surface area contributed by atoms with Gasteiger partial charge in [-0.25, -0.2) is 4.98 Å². The zero-order valence-corrected chi connectivity index (χ0v) is 13.3. The van der Waals surface area contributed by atoms with Crippen LogP contribution in [0, 0.1) is 15.5 Å². The van der Waals surface area contributed by atoms with Gasteiger partial charge in [-0.3, -0.25) is 4.79 Å². The van der Waals surface area contributed by atoms with E-state index in [1.165, 1.54) is 0 Å². The highest BCUT2D eigenvalue weighted by molar-refractivity contribution is 14.1. The molecule has 1 fully saturated rings. The smallest absolute Gasteiger partial charge is 0.223 e. The van der Waals surface area contributed by atoms with Gasteiger partial charge >= 0.3 is 0 Å². The molecule has 0 aliphatic carbocycles. The van der Waals surface area contributed by atoms with Crippen LogP contribution in [0.5, 0.6) is 0 Å². The normalized spacial score (nSPS) is 23.9. The first kappa shape index (κ1) is 13.8. The van der Waals surface area contributed by atoms with Crippen LogP contribution in [0.3, 0.4) is 0 Å². The lowest BCUT2D eigenvalue weighted by molar-refractivity contribution is -0.133. The molecule has 0 bridgehead atoms. The average molecular weight is 361 g/mol. The van der Waals surface area contributed by atoms with Crippen LogP contribution in [-0.2, 0) is 4.79 Å². The lowest BCUT2D eigenvalue weighted by Gasteiger charge is -2.24. The molecule has 0 radical (unpaired) electrons. The molecule has 0 unspecified atom stereocenters. The Hall–Kier alpha value is -0.590. The summed E-state index contributed by atoms with van der Waals surface area (Å²) in [5, 5.41) is 0. The predicted octanol–water partition coefficient (Wildman–Crippen LogP) is 2.97. The van der Waals surface area contributed by atoms with Crippen LogP contribution >= 0.6 is 22.6 Å². The predicted molar refractivity (Wildman–Crippen MR) is 79.0 cm³/mol. The van der Waals surface area contributed by atoms with E-state index in [-0.39, 0.29) is 11.9 Å². The molecule has 1 aromatic rings. The Morgan fingerprint density at radius 2 is 2.39 bits per heavy atom. The minimum Gasteiger partial charge on any atom is -0.336 e. The van der Waals surface area contributed by atoms with E-state index in [2.05, 4.69) is 53.3 Å². The number of nitrogens with one attached hydrogen (secondary N) is 1. The van der Waals surface area contributed by atoms with Crippen molar-refractivity contribution in [2.24, 2.45) is 11.8 Å². The van der Waals surface area contributed by atoms with Crippen molar-refractivity contribution < 1.29 is 4.79 Å². The summed E-state index contributed by atoms with van der Waals surface area (Å²) in [6, 6.07) is 0.134. The Morgan fingerprint density at radius 3 is 2.94 bits per heavy atom. The fourth-order valence-corrected chi connectivity index (χ4v) is 2.95. The first-order chi connectivity index (χ1) is 8.47. The number of halogens is 1. The summed E-state index contributed by atoms with van der Waals surface area (Å²) >= 11 is 2.22. The Labute approximate surface area is 122 Å². The molecule has 0 spiro atoms. The molecular formula is C13H20IN3O. The van der Waals surface area contributed by atoms with Crippen LogP contribution < -0.4 is 0 Å². The monoisotopic (exact) mass is 361 g/mol. The second kappa shape index (κ2) is 5.59. The molecule has 1 aliphatic rings. The summed E-state index contributed by atoms with van der Waals surface area (Å²) in [6.07, 6.45) is 3.46. The number of hydrogen-bond acceptors (Lipinski definition) is 2. The molecule has 1 amide bonds. The second-order valence-electron chi connectivity index (χ2n) is 5.62. The zero-order chi connectivity index (χ0) is 13.3. The van der Waals surface area contributed by atoms with Gasteiger partial charge in [0.25, 0.3) is 0 Å². The number of imidazole rings is 1. The Morgan fingerprint density at radius 1 is 1.67 bits per heavy atom. The molecule has 0 aromatic carbocycles. The minimum atomic E-state index is 0.134. The molecule has 1 aromatic heterocycles. The number of aromatic nitrogens is 2. The van der Waals surface area contributed by atoms with Gasteiger partial charge in [0.2, 0.25) is 5.91 Å². The topological polar surface area (TPSA) is 49.0 Å². The number of hydrogen-bond donors (Lipinski definition) is 1. The maximum absolute atomic E-state index is 12.3. The third kappa shape index (κ3) is 3.05. The Bertz CT molecular complexity index is 430. The summed E-state index contributed by atoms with van der Waals surface area (Å²) < 4.78 is 1.03. The number of nitrogens with zero attached hydrogens (tertiary/aromatic N) is 2. The molecule has 5 heteroatoms. The number of H-pyrrole nitrogens is 1. The number of rotatable bonds is 3. The number of carbonyl (C=O) groups is 1. The van der Waals surface area contributed by atoms with Gasteiger partial charge in [0.15, 0.2) is 0 Å². The van der Waals surface area contributed by atoms with Gasteiger partial charge in [-0.1, -0.05) is 20.8 Å². The van der Waals surface area contributed by atoms with Gasteiger partial charge in [-0.15, -0.1) is 0 Å². The summed E-state index contributed by atoms with van der Waals surface area (Å²) in [6.45, 7) is 7.22. The first-order valence-corrected chi connectivity index (χ1v) is 7.55. The quantitative estimate of drug-likeness (QED) is 0.842. The van der Waals surface area contributed by atoms with Gasteiger partial charge in [0.05, 0.1) is 15.9 Å². The van der Waals surface area contributed by atoms with E-state index >= 15 is 0 Å². The lowest BCUT2D eigenvalue weighted by Crippen LogP contribution is -2.32. The van der Waals surface area contributed by atoms with Crippen molar-refractivity contribution in [3.05, 3.63) is 15.7 Å². The SMILES string of the molecule is CC(C)CC(=O)N1C[C@@H](C)C[C@H]1c1ncc(I)[nH]1. The number of amides is 1. The molecule has 1 saturated heterocycles. The molecule has 1 N–H and O–H groups in total. The van der Waals surface area contributed by atoms with Gasteiger partial charge in [-0.2, -0.15) is 0 Å². The summed E-state index contributed by atoms with van der Waals surface area (Å²) in [5.41, 5.74) is 0. The molecule has 2 atom stereocenters. The summed E-state index contributed by atoms with van der Waals surface area (Å²) in [5.74, 6) is 2.14. The van der Waals surface area contributed by atoms with Crippen LogP contribution in [-0.4, -0.2) is 27.3 Å². The van der Waals surface area contributed by atoms with Crippen molar-refractivity contribution in [2.75, 3.05) is 6.54 Å².